The van der Waals surface area contributed by atoms with Crippen LogP contribution in [0.25, 0.3) is 0 Å². The van der Waals surface area contributed by atoms with Crippen molar-refractivity contribution in [2.75, 3.05) is 47.5 Å². The first-order valence-corrected chi connectivity index (χ1v) is 38.9. The molecule has 0 rings (SSSR count). The van der Waals surface area contributed by atoms with Gasteiger partial charge in [0.2, 0.25) is 0 Å². The average Bonchev–Trinajstić information content (AvgIpc) is 3.67. The highest BCUT2D eigenvalue weighted by Gasteiger charge is 2.27. The monoisotopic (exact) mass is 1230 g/mol. The normalized spacial score (nSPS) is 13.3. The van der Waals surface area contributed by atoms with Gasteiger partial charge >= 0.3 is 19.8 Å². The molecule has 0 aromatic carbocycles. The summed E-state index contributed by atoms with van der Waals surface area (Å²) >= 11 is 0. The highest BCUT2D eigenvalue weighted by molar-refractivity contribution is 7.47. The fourth-order valence-corrected chi connectivity index (χ4v) is 11.9. The molecule has 506 valence electrons. The Labute approximate surface area is 534 Å². The van der Waals surface area contributed by atoms with Gasteiger partial charge in [0.15, 0.2) is 6.10 Å². The summed E-state index contributed by atoms with van der Waals surface area (Å²) in [6.07, 6.45) is 88.1. The number of rotatable bonds is 70. The lowest BCUT2D eigenvalue weighted by atomic mass is 10.0. The van der Waals surface area contributed by atoms with Crippen molar-refractivity contribution in [1.29, 1.82) is 0 Å². The third-order valence-corrected chi connectivity index (χ3v) is 17.9. The van der Waals surface area contributed by atoms with Crippen LogP contribution in [0.1, 0.15) is 373 Å². The van der Waals surface area contributed by atoms with Crippen molar-refractivity contribution in [3.63, 3.8) is 0 Å². The molecule has 9 nitrogen and oxygen atoms in total. The molecule has 0 saturated carbocycles. The molecule has 86 heavy (non-hydrogen) atoms. The maximum atomic E-state index is 12.9. The number of hydrogen-bond acceptors (Lipinski definition) is 7. The van der Waals surface area contributed by atoms with Crippen molar-refractivity contribution < 1.29 is 42.1 Å². The maximum Gasteiger partial charge on any atom is 0.472 e. The summed E-state index contributed by atoms with van der Waals surface area (Å²) < 4.78 is 34.8. The first kappa shape index (κ1) is 84.0. The van der Waals surface area contributed by atoms with Gasteiger partial charge in [-0.3, -0.25) is 18.6 Å². The number of esters is 2. The van der Waals surface area contributed by atoms with Gasteiger partial charge in [-0.2, -0.15) is 0 Å². The fraction of sp³-hybridized carbons (Fsp3) is 0.868. The number of allylic oxidation sites excluding steroid dienone is 8. The second kappa shape index (κ2) is 67.4. The van der Waals surface area contributed by atoms with Gasteiger partial charge in [-0.15, -0.1) is 0 Å². The van der Waals surface area contributed by atoms with Crippen molar-refractivity contribution in [2.45, 2.75) is 380 Å². The molecule has 1 N–H and O–H groups in total. The molecule has 0 spiro atoms. The number of carbonyl (C=O) groups excluding carboxylic acids is 2. The Kier molecular flexibility index (Phi) is 65.8. The minimum absolute atomic E-state index is 0.0352. The standard InChI is InChI=1S/C76H144NO8P/c1-6-8-10-12-14-16-18-20-22-24-26-28-30-32-33-34-35-36-37-38-39-40-41-42-43-45-47-49-51-53-55-57-59-61-63-65-67-69-76(79)85-74(73-84-86(80,81)83-71-70-77(3,4)5)72-82-75(78)68-66-64-62-60-58-56-54-52-50-48-46-44-31-29-27-25-23-21-19-17-15-13-11-9-7-2/h8,10,14,16,20,22,26,28,74H,6-7,9,11-13,15,17-19,21,23-25,27,29-73H2,1-5H3/p+1/b10-8-,16-14-,22-20-,28-26-. The Bertz CT molecular complexity index is 1590. The predicted molar refractivity (Wildman–Crippen MR) is 372 cm³/mol. The summed E-state index contributed by atoms with van der Waals surface area (Å²) in [5, 5.41) is 0. The Morgan fingerprint density at radius 2 is 0.663 bits per heavy atom. The first-order chi connectivity index (χ1) is 42.0. The van der Waals surface area contributed by atoms with Crippen LogP contribution >= 0.6 is 7.82 Å². The quantitative estimate of drug-likeness (QED) is 0.0211. The molecule has 0 radical (unpaired) electrons. The van der Waals surface area contributed by atoms with Crippen LogP contribution in [0.15, 0.2) is 48.6 Å². The molecule has 10 heteroatoms. The van der Waals surface area contributed by atoms with E-state index in [1.54, 1.807) is 0 Å². The van der Waals surface area contributed by atoms with Crippen molar-refractivity contribution in [1.82, 2.24) is 0 Å². The zero-order chi connectivity index (χ0) is 62.6. The Hall–Kier alpha value is -2.03. The van der Waals surface area contributed by atoms with E-state index in [2.05, 4.69) is 62.5 Å². The van der Waals surface area contributed by atoms with Crippen LogP contribution < -0.4 is 0 Å². The molecule has 2 unspecified atom stereocenters. The summed E-state index contributed by atoms with van der Waals surface area (Å²) in [7, 11) is 1.50. The molecule has 0 heterocycles. The van der Waals surface area contributed by atoms with E-state index in [0.29, 0.717) is 23.9 Å². The van der Waals surface area contributed by atoms with E-state index in [9.17, 15) is 19.0 Å². The van der Waals surface area contributed by atoms with Gasteiger partial charge in [-0.1, -0.05) is 358 Å². The van der Waals surface area contributed by atoms with Crippen LogP contribution in [0.2, 0.25) is 0 Å². The van der Waals surface area contributed by atoms with Crippen molar-refractivity contribution in [3.8, 4) is 0 Å². The molecule has 0 saturated heterocycles. The molecule has 2 atom stereocenters. The summed E-state index contributed by atoms with van der Waals surface area (Å²) in [5.74, 6) is -0.772. The van der Waals surface area contributed by atoms with E-state index in [4.69, 9.17) is 18.5 Å². The lowest BCUT2D eigenvalue weighted by Gasteiger charge is -2.24. The summed E-state index contributed by atoms with van der Waals surface area (Å²) in [4.78, 5) is 35.9. The van der Waals surface area contributed by atoms with E-state index in [-0.39, 0.29) is 25.6 Å². The molecule has 0 amide bonds. The minimum Gasteiger partial charge on any atom is -0.462 e. The second-order valence-electron chi connectivity index (χ2n) is 26.7. The van der Waals surface area contributed by atoms with Gasteiger partial charge in [0, 0.05) is 12.8 Å². The molecular weight excluding hydrogens is 1090 g/mol. The summed E-state index contributed by atoms with van der Waals surface area (Å²) in [6.45, 7) is 4.40. The van der Waals surface area contributed by atoms with Crippen LogP contribution in [0, 0.1) is 0 Å². The van der Waals surface area contributed by atoms with Gasteiger partial charge in [0.1, 0.15) is 19.8 Å². The number of unbranched alkanes of at least 4 members (excludes halogenated alkanes) is 48. The maximum absolute atomic E-state index is 12.9. The van der Waals surface area contributed by atoms with Crippen LogP contribution in [-0.4, -0.2) is 74.9 Å². The van der Waals surface area contributed by atoms with E-state index >= 15 is 0 Å². The largest absolute Gasteiger partial charge is 0.472 e. The highest BCUT2D eigenvalue weighted by atomic mass is 31.2. The summed E-state index contributed by atoms with van der Waals surface area (Å²) in [5.41, 5.74) is 0. The highest BCUT2D eigenvalue weighted by Crippen LogP contribution is 2.43. The number of hydrogen-bond donors (Lipinski definition) is 1. The number of quaternary nitrogens is 1. The van der Waals surface area contributed by atoms with E-state index in [0.717, 1.165) is 57.8 Å². The second-order valence-corrected chi connectivity index (χ2v) is 28.1. The molecule has 0 aromatic heterocycles. The number of ether oxygens (including phenoxy) is 2. The average molecular weight is 1230 g/mol. The van der Waals surface area contributed by atoms with Gasteiger partial charge in [0.25, 0.3) is 0 Å². The number of phosphoric ester groups is 1. The smallest absolute Gasteiger partial charge is 0.462 e. The topological polar surface area (TPSA) is 108 Å². The lowest BCUT2D eigenvalue weighted by Crippen LogP contribution is -2.37. The lowest BCUT2D eigenvalue weighted by molar-refractivity contribution is -0.870. The molecule has 0 aliphatic rings. The van der Waals surface area contributed by atoms with Crippen molar-refractivity contribution >= 4 is 19.8 Å². The van der Waals surface area contributed by atoms with Gasteiger partial charge < -0.3 is 18.9 Å². The van der Waals surface area contributed by atoms with E-state index in [1.807, 2.05) is 21.1 Å². The zero-order valence-electron chi connectivity index (χ0n) is 57.8. The van der Waals surface area contributed by atoms with Gasteiger partial charge in [-0.25, -0.2) is 4.57 Å². The molecular formula is C76H145NO8P+. The van der Waals surface area contributed by atoms with Crippen molar-refractivity contribution in [2.24, 2.45) is 0 Å². The number of nitrogens with zero attached hydrogens (tertiary/aromatic N) is 1. The summed E-state index contributed by atoms with van der Waals surface area (Å²) in [6, 6.07) is 0. The van der Waals surface area contributed by atoms with Crippen LogP contribution in [0.4, 0.5) is 0 Å². The van der Waals surface area contributed by atoms with E-state index in [1.165, 1.54) is 283 Å². The number of carbonyl (C=O) groups is 2. The zero-order valence-corrected chi connectivity index (χ0v) is 58.7. The number of likely N-dealkylation sites (N-methyl/N-ethyl adjacent to an activating group) is 1. The Balaban J connectivity index is 3.92. The molecule has 0 aromatic rings. The Morgan fingerprint density at radius 1 is 0.372 bits per heavy atom. The van der Waals surface area contributed by atoms with Crippen LogP contribution in [0.3, 0.4) is 0 Å². The minimum atomic E-state index is -4.39. The molecule has 0 aliphatic heterocycles. The third kappa shape index (κ3) is 71.1. The van der Waals surface area contributed by atoms with Crippen LogP contribution in [0.5, 0.6) is 0 Å². The predicted octanol–water partition coefficient (Wildman–Crippen LogP) is 24.4. The molecule has 0 aliphatic carbocycles. The van der Waals surface area contributed by atoms with Gasteiger partial charge in [-0.05, 0) is 51.4 Å². The van der Waals surface area contributed by atoms with Crippen molar-refractivity contribution in [3.05, 3.63) is 48.6 Å². The third-order valence-electron chi connectivity index (χ3n) is 16.9. The van der Waals surface area contributed by atoms with E-state index < -0.39 is 26.5 Å². The molecule has 0 bridgehead atoms. The first-order valence-electron chi connectivity index (χ1n) is 37.4. The fourth-order valence-electron chi connectivity index (χ4n) is 11.2. The number of phosphoric acid groups is 1. The van der Waals surface area contributed by atoms with Gasteiger partial charge in [0.05, 0.1) is 27.7 Å². The van der Waals surface area contributed by atoms with Crippen LogP contribution in [-0.2, 0) is 32.7 Å². The Morgan fingerprint density at radius 3 is 0.988 bits per heavy atom. The SMILES string of the molecule is CC/C=C\C/C=C\C/C=C\C/C=C\CCCCCCCCCCCCCCCCCCCCCCCCCCC(=O)OC(COC(=O)CCCCCCCCCCCCCCCCCCCCCCCCCCC)COP(=O)(O)OCC[N+](C)(C)C. The molecule has 0 fully saturated rings.